The summed E-state index contributed by atoms with van der Waals surface area (Å²) in [5.41, 5.74) is 0. The van der Waals surface area contributed by atoms with E-state index in [-0.39, 0.29) is 17.7 Å². The van der Waals surface area contributed by atoms with Crippen LogP contribution >= 0.6 is 0 Å². The summed E-state index contributed by atoms with van der Waals surface area (Å²) in [4.78, 5) is 33.6. The molecule has 10 heteroatoms. The molecule has 2 heterocycles. The highest BCUT2D eigenvalue weighted by Crippen LogP contribution is 2.21. The van der Waals surface area contributed by atoms with Crippen molar-refractivity contribution in [1.82, 2.24) is 15.5 Å². The van der Waals surface area contributed by atoms with Gasteiger partial charge in [-0.25, -0.2) is 4.79 Å². The average Bonchev–Trinajstić information content (AvgIpc) is 2.68. The van der Waals surface area contributed by atoms with E-state index in [0.717, 1.165) is 13.1 Å². The van der Waals surface area contributed by atoms with Crippen LogP contribution in [-0.2, 0) is 14.4 Å². The highest BCUT2D eigenvalue weighted by molar-refractivity contribution is 5.89. The van der Waals surface area contributed by atoms with Crippen LogP contribution in [0.4, 0.5) is 13.2 Å². The first kappa shape index (κ1) is 17.2. The molecule has 0 aromatic heterocycles. The molecule has 7 nitrogen and oxygen atoms in total. The predicted octanol–water partition coefficient (Wildman–Crippen LogP) is -0.814. The monoisotopic (exact) mass is 311 g/mol. The van der Waals surface area contributed by atoms with E-state index < -0.39 is 12.1 Å². The van der Waals surface area contributed by atoms with Gasteiger partial charge in [-0.2, -0.15) is 13.2 Å². The van der Waals surface area contributed by atoms with Crippen molar-refractivity contribution in [2.24, 2.45) is 5.92 Å². The SMILES string of the molecule is CNC(=O)C1CC(=O)N(C2CNC2)C1.O=C(O)C(F)(F)F. The molecule has 0 radical (unpaired) electrons. The number of halogens is 3. The maximum atomic E-state index is 11.6. The maximum Gasteiger partial charge on any atom is 0.490 e. The van der Waals surface area contributed by atoms with E-state index in [1.54, 1.807) is 7.05 Å². The van der Waals surface area contributed by atoms with Crippen molar-refractivity contribution >= 4 is 17.8 Å². The average molecular weight is 311 g/mol. The van der Waals surface area contributed by atoms with E-state index in [2.05, 4.69) is 10.6 Å². The summed E-state index contributed by atoms with van der Waals surface area (Å²) in [6.45, 7) is 2.32. The standard InChI is InChI=1S/C9H15N3O2.C2HF3O2/c1-10-9(14)6-2-8(13)12(5-6)7-3-11-4-7;3-2(4,5)1(6)7/h6-7,11H,2-5H2,1H3,(H,10,14);(H,6,7). The zero-order valence-electron chi connectivity index (χ0n) is 11.2. The molecule has 0 spiro atoms. The number of nitrogens with one attached hydrogen (secondary N) is 2. The lowest BCUT2D eigenvalue weighted by molar-refractivity contribution is -0.192. The molecule has 2 amide bonds. The van der Waals surface area contributed by atoms with Crippen LogP contribution in [-0.4, -0.2) is 66.7 Å². The number of nitrogens with zero attached hydrogens (tertiary/aromatic N) is 1. The number of hydrogen-bond acceptors (Lipinski definition) is 4. The molecule has 2 aliphatic heterocycles. The maximum absolute atomic E-state index is 11.6. The molecule has 2 rings (SSSR count). The minimum atomic E-state index is -5.08. The second-order valence-corrected chi connectivity index (χ2v) is 4.68. The van der Waals surface area contributed by atoms with Gasteiger partial charge in [-0.05, 0) is 0 Å². The number of hydrogen-bond donors (Lipinski definition) is 3. The van der Waals surface area contributed by atoms with E-state index in [9.17, 15) is 22.8 Å². The van der Waals surface area contributed by atoms with Crippen molar-refractivity contribution in [3.63, 3.8) is 0 Å². The molecular formula is C11H16F3N3O4. The van der Waals surface area contributed by atoms with Crippen molar-refractivity contribution in [1.29, 1.82) is 0 Å². The molecule has 0 aliphatic carbocycles. The van der Waals surface area contributed by atoms with Crippen LogP contribution in [0.3, 0.4) is 0 Å². The molecule has 21 heavy (non-hydrogen) atoms. The van der Waals surface area contributed by atoms with Gasteiger partial charge in [0.2, 0.25) is 11.8 Å². The molecule has 1 atom stereocenters. The molecule has 2 fully saturated rings. The van der Waals surface area contributed by atoms with Crippen LogP contribution in [0, 0.1) is 5.92 Å². The summed E-state index contributed by atoms with van der Waals surface area (Å²) in [5, 5.41) is 12.8. The van der Waals surface area contributed by atoms with Gasteiger partial charge in [0.15, 0.2) is 0 Å². The zero-order chi connectivity index (χ0) is 16.2. The molecule has 0 aromatic carbocycles. The number of amides is 2. The van der Waals surface area contributed by atoms with Crippen LogP contribution in [0.2, 0.25) is 0 Å². The van der Waals surface area contributed by atoms with Crippen molar-refractivity contribution in [3.8, 4) is 0 Å². The molecule has 0 bridgehead atoms. The second-order valence-electron chi connectivity index (χ2n) is 4.68. The van der Waals surface area contributed by atoms with E-state index in [1.165, 1.54) is 0 Å². The largest absolute Gasteiger partial charge is 0.490 e. The first-order valence-corrected chi connectivity index (χ1v) is 6.18. The smallest absolute Gasteiger partial charge is 0.475 e. The first-order valence-electron chi connectivity index (χ1n) is 6.18. The second kappa shape index (κ2) is 6.74. The number of aliphatic carboxylic acids is 1. The Morgan fingerprint density at radius 2 is 1.90 bits per heavy atom. The number of alkyl halides is 3. The molecule has 3 N–H and O–H groups in total. The summed E-state index contributed by atoms with van der Waals surface area (Å²) in [7, 11) is 1.61. The Labute approximate surface area is 118 Å². The minimum Gasteiger partial charge on any atom is -0.475 e. The number of carboxylic acids is 1. The van der Waals surface area contributed by atoms with E-state index in [4.69, 9.17) is 9.90 Å². The van der Waals surface area contributed by atoms with Crippen LogP contribution in [0.15, 0.2) is 0 Å². The number of carbonyl (C=O) groups is 3. The number of rotatable bonds is 2. The van der Waals surface area contributed by atoms with Gasteiger partial charge in [0.25, 0.3) is 0 Å². The van der Waals surface area contributed by atoms with Gasteiger partial charge >= 0.3 is 12.1 Å². The Hall–Kier alpha value is -1.84. The van der Waals surface area contributed by atoms with E-state index >= 15 is 0 Å². The Kier molecular flexibility index (Phi) is 5.53. The summed E-state index contributed by atoms with van der Waals surface area (Å²) in [6, 6.07) is 0.317. The van der Waals surface area contributed by atoms with Gasteiger partial charge in [-0.3, -0.25) is 9.59 Å². The fraction of sp³-hybridized carbons (Fsp3) is 0.727. The Bertz CT molecular complexity index is 423. The number of carboxylic acid groups (broad SMARTS) is 1. The third-order valence-corrected chi connectivity index (χ3v) is 3.22. The van der Waals surface area contributed by atoms with Crippen molar-refractivity contribution < 1.29 is 32.7 Å². The van der Waals surface area contributed by atoms with Crippen molar-refractivity contribution in [3.05, 3.63) is 0 Å². The predicted molar refractivity (Wildman–Crippen MR) is 64.2 cm³/mol. The number of carbonyl (C=O) groups excluding carboxylic acids is 2. The van der Waals surface area contributed by atoms with Crippen LogP contribution in [0.1, 0.15) is 6.42 Å². The van der Waals surface area contributed by atoms with Gasteiger partial charge in [0, 0.05) is 33.1 Å². The summed E-state index contributed by atoms with van der Waals surface area (Å²) >= 11 is 0. The van der Waals surface area contributed by atoms with Gasteiger partial charge < -0.3 is 20.6 Å². The van der Waals surface area contributed by atoms with Crippen LogP contribution in [0.5, 0.6) is 0 Å². The van der Waals surface area contributed by atoms with E-state index in [1.807, 2.05) is 4.90 Å². The minimum absolute atomic E-state index is 0.0202. The van der Waals surface area contributed by atoms with Crippen molar-refractivity contribution in [2.45, 2.75) is 18.6 Å². The highest BCUT2D eigenvalue weighted by atomic mass is 19.4. The lowest BCUT2D eigenvalue weighted by atomic mass is 10.1. The summed E-state index contributed by atoms with van der Waals surface area (Å²) in [6.07, 6.45) is -4.71. The lowest BCUT2D eigenvalue weighted by Crippen LogP contribution is -2.57. The molecule has 2 aliphatic rings. The van der Waals surface area contributed by atoms with Crippen LogP contribution in [0.25, 0.3) is 0 Å². The number of likely N-dealkylation sites (tertiary alicyclic amines) is 1. The highest BCUT2D eigenvalue weighted by Gasteiger charge is 2.39. The van der Waals surface area contributed by atoms with Gasteiger partial charge in [-0.1, -0.05) is 0 Å². The fourth-order valence-electron chi connectivity index (χ4n) is 1.96. The first-order chi connectivity index (χ1) is 9.66. The molecule has 1 unspecified atom stereocenters. The third kappa shape index (κ3) is 4.59. The molecule has 120 valence electrons. The van der Waals surface area contributed by atoms with E-state index in [0.29, 0.717) is 19.0 Å². The Morgan fingerprint density at radius 3 is 2.24 bits per heavy atom. The topological polar surface area (TPSA) is 98.7 Å². The summed E-state index contributed by atoms with van der Waals surface area (Å²) in [5.74, 6) is -2.81. The zero-order valence-corrected chi connectivity index (χ0v) is 11.2. The molecule has 0 aromatic rings. The Morgan fingerprint density at radius 1 is 1.38 bits per heavy atom. The fourth-order valence-corrected chi connectivity index (χ4v) is 1.96. The van der Waals surface area contributed by atoms with Crippen molar-refractivity contribution in [2.75, 3.05) is 26.7 Å². The van der Waals surface area contributed by atoms with Crippen LogP contribution < -0.4 is 10.6 Å². The van der Waals surface area contributed by atoms with Gasteiger partial charge in [0.05, 0.1) is 12.0 Å². The summed E-state index contributed by atoms with van der Waals surface area (Å²) < 4.78 is 31.7. The van der Waals surface area contributed by atoms with Gasteiger partial charge in [0.1, 0.15) is 0 Å². The quantitative estimate of drug-likeness (QED) is 0.619. The van der Waals surface area contributed by atoms with Gasteiger partial charge in [-0.15, -0.1) is 0 Å². The molecule has 0 saturated carbocycles. The molecule has 2 saturated heterocycles. The Balaban J connectivity index is 0.000000270. The third-order valence-electron chi connectivity index (χ3n) is 3.22. The lowest BCUT2D eigenvalue weighted by Gasteiger charge is -2.35. The molecular weight excluding hydrogens is 295 g/mol. The normalized spacial score (nSPS) is 22.2.